The molecule has 0 spiro atoms. The number of benzene rings is 1. The van der Waals surface area contributed by atoms with Gasteiger partial charge in [-0.1, -0.05) is 11.3 Å². The van der Waals surface area contributed by atoms with Crippen LogP contribution in [0.1, 0.15) is 16.9 Å². The van der Waals surface area contributed by atoms with E-state index in [9.17, 15) is 4.79 Å². The summed E-state index contributed by atoms with van der Waals surface area (Å²) in [4.78, 5) is 18.0. The van der Waals surface area contributed by atoms with Crippen LogP contribution in [-0.4, -0.2) is 9.38 Å². The number of rotatable bonds is 1. The molecule has 6 heteroatoms. The third kappa shape index (κ3) is 2.09. The Kier molecular flexibility index (Phi) is 3.12. The molecule has 0 aliphatic rings. The van der Waals surface area contributed by atoms with E-state index in [1.165, 1.54) is 16.9 Å². The lowest BCUT2D eigenvalue weighted by Crippen LogP contribution is -2.22. The van der Waals surface area contributed by atoms with Crippen LogP contribution in [-0.2, 0) is 0 Å². The largest absolute Gasteiger partial charge is 0.451 e. The monoisotopic (exact) mass is 422 g/mol. The maximum absolute atomic E-state index is 12.7. The van der Waals surface area contributed by atoms with Gasteiger partial charge in [-0.15, -0.1) is 0 Å². The van der Waals surface area contributed by atoms with Gasteiger partial charge in [0.05, 0.1) is 11.0 Å². The molecular formula is C16H11IN2O2S. The lowest BCUT2D eigenvalue weighted by atomic mass is 10.1. The molecule has 0 amide bonds. The first-order chi connectivity index (χ1) is 10.5. The van der Waals surface area contributed by atoms with Gasteiger partial charge in [-0.25, -0.2) is 9.38 Å². The van der Waals surface area contributed by atoms with E-state index in [1.807, 2.05) is 31.2 Å². The minimum atomic E-state index is -0.0443. The van der Waals surface area contributed by atoms with Gasteiger partial charge < -0.3 is 4.42 Å². The predicted molar refractivity (Wildman–Crippen MR) is 96.5 cm³/mol. The first kappa shape index (κ1) is 14.0. The molecule has 0 atom stereocenters. The SMILES string of the molecule is Cc1cc2nc3s/c(=C\c4ccc(I)o4)c(=O)n3c2cc1C. The third-order valence-corrected chi connectivity index (χ3v) is 5.27. The predicted octanol–water partition coefficient (Wildman–Crippen LogP) is 3.27. The van der Waals surface area contributed by atoms with Crippen LogP contribution in [0.5, 0.6) is 0 Å². The molecule has 0 aliphatic heterocycles. The van der Waals surface area contributed by atoms with Gasteiger partial charge in [-0.3, -0.25) is 4.79 Å². The summed E-state index contributed by atoms with van der Waals surface area (Å²) in [6.45, 7) is 4.10. The molecule has 4 rings (SSSR count). The fourth-order valence-corrected chi connectivity index (χ4v) is 3.85. The lowest BCUT2D eigenvalue weighted by Gasteiger charge is -1.98. The van der Waals surface area contributed by atoms with Crippen LogP contribution in [0.3, 0.4) is 0 Å². The maximum atomic E-state index is 12.7. The van der Waals surface area contributed by atoms with Crippen molar-refractivity contribution in [2.24, 2.45) is 0 Å². The Morgan fingerprint density at radius 2 is 2.05 bits per heavy atom. The summed E-state index contributed by atoms with van der Waals surface area (Å²) in [5.74, 6) is 0.683. The average Bonchev–Trinajstić information content (AvgIpc) is 3.09. The standard InChI is InChI=1S/C16H11IN2O2S/c1-8-5-11-12(6-9(8)2)19-15(20)13(22-16(19)18-11)7-10-3-4-14(17)21-10/h3-7H,1-2H3/b13-7-. The molecule has 1 aromatic carbocycles. The quantitative estimate of drug-likeness (QED) is 0.443. The average molecular weight is 422 g/mol. The van der Waals surface area contributed by atoms with Crippen molar-refractivity contribution in [3.8, 4) is 0 Å². The lowest BCUT2D eigenvalue weighted by molar-refractivity contribution is 0.528. The van der Waals surface area contributed by atoms with Crippen molar-refractivity contribution in [3.63, 3.8) is 0 Å². The van der Waals surface area contributed by atoms with E-state index in [1.54, 1.807) is 10.5 Å². The van der Waals surface area contributed by atoms with Crippen molar-refractivity contribution >= 4 is 56.0 Å². The smallest absolute Gasteiger partial charge is 0.275 e. The summed E-state index contributed by atoms with van der Waals surface area (Å²) in [6.07, 6.45) is 1.77. The van der Waals surface area contributed by atoms with E-state index in [0.717, 1.165) is 25.3 Å². The summed E-state index contributed by atoms with van der Waals surface area (Å²) >= 11 is 3.49. The topological polar surface area (TPSA) is 47.5 Å². The van der Waals surface area contributed by atoms with Gasteiger partial charge in [-0.2, -0.15) is 0 Å². The molecule has 3 heterocycles. The highest BCUT2D eigenvalue weighted by molar-refractivity contribution is 14.1. The number of hydrogen-bond acceptors (Lipinski definition) is 4. The van der Waals surface area contributed by atoms with Crippen LogP contribution in [0.25, 0.3) is 22.1 Å². The number of thiazole rings is 1. The first-order valence-electron chi connectivity index (χ1n) is 6.72. The maximum Gasteiger partial charge on any atom is 0.275 e. The van der Waals surface area contributed by atoms with Crippen molar-refractivity contribution in [1.82, 2.24) is 9.38 Å². The zero-order chi connectivity index (χ0) is 15.4. The fourth-order valence-electron chi connectivity index (χ4n) is 2.45. The molecule has 3 aromatic heterocycles. The Bertz CT molecular complexity index is 1140. The van der Waals surface area contributed by atoms with Crippen LogP contribution >= 0.6 is 33.9 Å². The Morgan fingerprint density at radius 1 is 1.27 bits per heavy atom. The minimum Gasteiger partial charge on any atom is -0.451 e. The van der Waals surface area contributed by atoms with Gasteiger partial charge in [0.15, 0.2) is 8.73 Å². The number of furan rings is 1. The van der Waals surface area contributed by atoms with E-state index < -0.39 is 0 Å². The van der Waals surface area contributed by atoms with E-state index in [2.05, 4.69) is 34.5 Å². The molecule has 0 N–H and O–H groups in total. The molecular weight excluding hydrogens is 411 g/mol. The van der Waals surface area contributed by atoms with Crippen molar-refractivity contribution < 1.29 is 4.42 Å². The van der Waals surface area contributed by atoms with Gasteiger partial charge in [0.2, 0.25) is 0 Å². The molecule has 22 heavy (non-hydrogen) atoms. The molecule has 0 bridgehead atoms. The molecule has 0 radical (unpaired) electrons. The van der Waals surface area contributed by atoms with Crippen molar-refractivity contribution in [2.75, 3.05) is 0 Å². The molecule has 0 aliphatic carbocycles. The molecule has 110 valence electrons. The second-order valence-corrected chi connectivity index (χ2v) is 7.28. The van der Waals surface area contributed by atoms with E-state index in [4.69, 9.17) is 4.42 Å². The Labute approximate surface area is 143 Å². The first-order valence-corrected chi connectivity index (χ1v) is 8.62. The zero-order valence-electron chi connectivity index (χ0n) is 11.9. The molecule has 0 fully saturated rings. The molecule has 4 aromatic rings. The van der Waals surface area contributed by atoms with E-state index >= 15 is 0 Å². The highest BCUT2D eigenvalue weighted by Crippen LogP contribution is 2.20. The molecule has 0 saturated heterocycles. The summed E-state index contributed by atoms with van der Waals surface area (Å²) < 4.78 is 8.63. The molecule has 0 saturated carbocycles. The number of aryl methyl sites for hydroxylation is 2. The van der Waals surface area contributed by atoms with Gasteiger partial charge in [0, 0.05) is 6.08 Å². The number of nitrogens with zero attached hydrogens (tertiary/aromatic N) is 2. The molecule has 4 nitrogen and oxygen atoms in total. The second kappa shape index (κ2) is 4.92. The van der Waals surface area contributed by atoms with Crippen molar-refractivity contribution in [3.05, 3.63) is 59.8 Å². The summed E-state index contributed by atoms with van der Waals surface area (Å²) in [5.41, 5.74) is 4.03. The second-order valence-electron chi connectivity index (χ2n) is 5.21. The number of halogens is 1. The van der Waals surface area contributed by atoms with Gasteiger partial charge in [0.1, 0.15) is 10.3 Å². The zero-order valence-corrected chi connectivity index (χ0v) is 14.9. The number of hydrogen-bond donors (Lipinski definition) is 0. The fraction of sp³-hybridized carbons (Fsp3) is 0.125. The Hall–Kier alpha value is -1.67. The van der Waals surface area contributed by atoms with Crippen LogP contribution < -0.4 is 10.1 Å². The highest BCUT2D eigenvalue weighted by Gasteiger charge is 2.12. The van der Waals surface area contributed by atoms with Gasteiger partial charge >= 0.3 is 0 Å². The highest BCUT2D eigenvalue weighted by atomic mass is 127. The summed E-state index contributed by atoms with van der Waals surface area (Å²) in [7, 11) is 0. The van der Waals surface area contributed by atoms with E-state index in [-0.39, 0.29) is 5.56 Å². The van der Waals surface area contributed by atoms with Gasteiger partial charge in [-0.05, 0) is 71.8 Å². The van der Waals surface area contributed by atoms with Crippen molar-refractivity contribution in [2.45, 2.75) is 13.8 Å². The molecule has 0 unspecified atom stereocenters. The number of imidazole rings is 1. The van der Waals surface area contributed by atoms with Crippen LogP contribution in [0, 0.1) is 17.6 Å². The Balaban J connectivity index is 2.04. The number of aromatic nitrogens is 2. The summed E-state index contributed by atoms with van der Waals surface area (Å²) in [5, 5.41) is 0. The normalized spacial score (nSPS) is 12.8. The van der Waals surface area contributed by atoms with Crippen LogP contribution in [0.4, 0.5) is 0 Å². The number of fused-ring (bicyclic) bond motifs is 3. The Morgan fingerprint density at radius 3 is 2.77 bits per heavy atom. The van der Waals surface area contributed by atoms with Gasteiger partial charge in [0.25, 0.3) is 5.56 Å². The van der Waals surface area contributed by atoms with Crippen LogP contribution in [0.2, 0.25) is 0 Å². The minimum absolute atomic E-state index is 0.0443. The van der Waals surface area contributed by atoms with Crippen LogP contribution in [0.15, 0.2) is 33.5 Å². The summed E-state index contributed by atoms with van der Waals surface area (Å²) in [6, 6.07) is 7.78. The van der Waals surface area contributed by atoms with E-state index in [0.29, 0.717) is 10.3 Å². The third-order valence-electron chi connectivity index (χ3n) is 3.72. The van der Waals surface area contributed by atoms with Crippen molar-refractivity contribution in [1.29, 1.82) is 0 Å².